The summed E-state index contributed by atoms with van der Waals surface area (Å²) in [5, 5.41) is 0.959. The van der Waals surface area contributed by atoms with E-state index in [0.717, 1.165) is 51.4 Å². The highest BCUT2D eigenvalue weighted by Gasteiger charge is 2.26. The normalized spacial score (nSPS) is 12.8. The number of fused-ring (bicyclic) bond motifs is 2. The summed E-state index contributed by atoms with van der Waals surface area (Å²) in [6.07, 6.45) is 1.01. The molecule has 5 rings (SSSR count). The Morgan fingerprint density at radius 2 is 1.47 bits per heavy atom. The zero-order chi connectivity index (χ0) is 20.7. The topological polar surface area (TPSA) is 38.2 Å². The Labute approximate surface area is 181 Å². The van der Waals surface area contributed by atoms with Crippen molar-refractivity contribution in [2.75, 3.05) is 4.90 Å². The molecule has 1 aliphatic rings. The first-order chi connectivity index (χ1) is 14.6. The van der Waals surface area contributed by atoms with Crippen LogP contribution in [0.2, 0.25) is 0 Å². The molecule has 0 amide bonds. The van der Waals surface area contributed by atoms with E-state index in [1.54, 1.807) is 0 Å². The molecular weight excluding hydrogens is 390 g/mol. The second-order valence-electron chi connectivity index (χ2n) is 8.08. The van der Waals surface area contributed by atoms with Gasteiger partial charge in [-0.15, -0.1) is 0 Å². The molecule has 0 aliphatic carbocycles. The average Bonchev–Trinajstić information content (AvgIpc) is 3.29. The maximum Gasteiger partial charge on any atom is 0.151 e. The van der Waals surface area contributed by atoms with Gasteiger partial charge in [0.05, 0.1) is 11.4 Å². The van der Waals surface area contributed by atoms with Gasteiger partial charge in [-0.3, -0.25) is 0 Å². The van der Waals surface area contributed by atoms with Crippen LogP contribution in [0.15, 0.2) is 72.8 Å². The van der Waals surface area contributed by atoms with Gasteiger partial charge in [0.1, 0.15) is 10.8 Å². The van der Waals surface area contributed by atoms with Crippen molar-refractivity contribution in [1.29, 1.82) is 0 Å². The van der Waals surface area contributed by atoms with Gasteiger partial charge in [-0.1, -0.05) is 45.0 Å². The van der Waals surface area contributed by atoms with Crippen LogP contribution in [0.4, 0.5) is 17.1 Å². The van der Waals surface area contributed by atoms with Crippen LogP contribution < -0.4 is 9.64 Å². The van der Waals surface area contributed by atoms with Crippen LogP contribution in [-0.4, -0.2) is 9.36 Å². The third-order valence-electron chi connectivity index (χ3n) is 5.72. The predicted molar refractivity (Wildman–Crippen MR) is 123 cm³/mol. The lowest BCUT2D eigenvalue weighted by Gasteiger charge is -2.32. The van der Waals surface area contributed by atoms with E-state index in [0.29, 0.717) is 0 Å². The fourth-order valence-corrected chi connectivity index (χ4v) is 4.34. The number of anilines is 3. The number of hydrogen-bond donors (Lipinski definition) is 0. The number of hydrogen-bond acceptors (Lipinski definition) is 5. The zero-order valence-electron chi connectivity index (χ0n) is 17.3. The van der Waals surface area contributed by atoms with Crippen LogP contribution in [0, 0.1) is 0 Å². The van der Waals surface area contributed by atoms with Gasteiger partial charge < -0.3 is 9.64 Å². The number of rotatable bonds is 4. The maximum atomic E-state index is 6.11. The molecular formula is C25H23N3OS. The highest BCUT2D eigenvalue weighted by molar-refractivity contribution is 7.09. The third kappa shape index (κ3) is 3.15. The van der Waals surface area contributed by atoms with Gasteiger partial charge >= 0.3 is 0 Å². The number of benzene rings is 3. The Hall–Kier alpha value is -3.18. The smallest absolute Gasteiger partial charge is 0.151 e. The van der Waals surface area contributed by atoms with Crippen molar-refractivity contribution in [3.05, 3.63) is 78.6 Å². The van der Waals surface area contributed by atoms with E-state index in [1.807, 2.05) is 36.4 Å². The monoisotopic (exact) mass is 413 g/mol. The van der Waals surface area contributed by atoms with Gasteiger partial charge in [0.15, 0.2) is 11.5 Å². The molecule has 30 heavy (non-hydrogen) atoms. The molecule has 4 nitrogen and oxygen atoms in total. The summed E-state index contributed by atoms with van der Waals surface area (Å²) in [6, 6.07) is 24.8. The maximum absolute atomic E-state index is 6.11. The zero-order valence-corrected chi connectivity index (χ0v) is 18.1. The summed E-state index contributed by atoms with van der Waals surface area (Å²) < 4.78 is 10.7. The molecule has 0 fully saturated rings. The van der Waals surface area contributed by atoms with Crippen molar-refractivity contribution < 1.29 is 4.74 Å². The summed E-state index contributed by atoms with van der Waals surface area (Å²) >= 11 is 1.47. The molecule has 0 N–H and O–H groups in total. The molecule has 0 saturated heterocycles. The molecule has 3 aromatic carbocycles. The van der Waals surface area contributed by atoms with Crippen molar-refractivity contribution in [3.8, 4) is 22.1 Å². The Kier molecular flexibility index (Phi) is 4.55. The van der Waals surface area contributed by atoms with Gasteiger partial charge in [-0.25, -0.2) is 4.98 Å². The molecule has 0 unspecified atom stereocenters. The molecule has 0 spiro atoms. The Balaban J connectivity index is 1.53. The van der Waals surface area contributed by atoms with Gasteiger partial charge in [-0.2, -0.15) is 4.37 Å². The summed E-state index contributed by atoms with van der Waals surface area (Å²) in [6.45, 7) is 6.55. The fraction of sp³-hybridized carbons (Fsp3) is 0.200. The van der Waals surface area contributed by atoms with Crippen LogP contribution in [0.5, 0.6) is 11.5 Å². The number of aromatic nitrogens is 2. The molecule has 0 saturated carbocycles. The quantitative estimate of drug-likeness (QED) is 0.306. The minimum absolute atomic E-state index is 0.00406. The molecule has 0 atom stereocenters. The fourth-order valence-electron chi connectivity index (χ4n) is 3.51. The Morgan fingerprint density at radius 1 is 0.867 bits per heavy atom. The minimum Gasteiger partial charge on any atom is -0.453 e. The van der Waals surface area contributed by atoms with E-state index in [4.69, 9.17) is 9.72 Å². The van der Waals surface area contributed by atoms with Gasteiger partial charge in [0, 0.05) is 16.7 Å². The summed E-state index contributed by atoms with van der Waals surface area (Å²) in [4.78, 5) is 7.05. The van der Waals surface area contributed by atoms with Gasteiger partial charge in [-0.05, 0) is 66.5 Å². The van der Waals surface area contributed by atoms with Crippen molar-refractivity contribution >= 4 is 28.6 Å². The first kappa shape index (κ1) is 18.8. The van der Waals surface area contributed by atoms with E-state index in [1.165, 1.54) is 11.5 Å². The van der Waals surface area contributed by atoms with Crippen LogP contribution in [0.1, 0.15) is 33.0 Å². The first-order valence-corrected chi connectivity index (χ1v) is 10.9. The lowest BCUT2D eigenvalue weighted by Crippen LogP contribution is -2.17. The number of nitrogens with zero attached hydrogens (tertiary/aromatic N) is 3. The average molecular weight is 414 g/mol. The molecule has 0 radical (unpaired) electrons. The lowest BCUT2D eigenvalue weighted by atomic mass is 9.90. The molecule has 0 bridgehead atoms. The number of para-hydroxylation sites is 4. The summed E-state index contributed by atoms with van der Waals surface area (Å²) in [5.41, 5.74) is 4.24. The lowest BCUT2D eigenvalue weighted by molar-refractivity contribution is 0.477. The Bertz CT molecular complexity index is 1150. The SMILES string of the molecule is CCC(C)(C)c1nsc(-c2ccc(N3c4ccccc4Oc4ccccc43)cc2)n1. The molecule has 1 aliphatic heterocycles. The predicted octanol–water partition coefficient (Wildman–Crippen LogP) is 7.47. The van der Waals surface area contributed by atoms with Crippen LogP contribution in [0.25, 0.3) is 10.6 Å². The largest absolute Gasteiger partial charge is 0.453 e. The number of ether oxygens (including phenoxy) is 1. The Morgan fingerprint density at radius 3 is 2.07 bits per heavy atom. The van der Waals surface area contributed by atoms with Crippen molar-refractivity contribution in [1.82, 2.24) is 9.36 Å². The highest BCUT2D eigenvalue weighted by atomic mass is 32.1. The molecule has 2 heterocycles. The minimum atomic E-state index is -0.00406. The second-order valence-corrected chi connectivity index (χ2v) is 8.83. The van der Waals surface area contributed by atoms with Crippen molar-refractivity contribution in [3.63, 3.8) is 0 Å². The van der Waals surface area contributed by atoms with Gasteiger partial charge in [0.2, 0.25) is 0 Å². The summed E-state index contributed by atoms with van der Waals surface area (Å²) in [7, 11) is 0. The molecule has 150 valence electrons. The van der Waals surface area contributed by atoms with Crippen molar-refractivity contribution in [2.24, 2.45) is 0 Å². The molecule has 5 heteroatoms. The van der Waals surface area contributed by atoms with E-state index >= 15 is 0 Å². The van der Waals surface area contributed by atoms with Crippen molar-refractivity contribution in [2.45, 2.75) is 32.6 Å². The van der Waals surface area contributed by atoms with Crippen LogP contribution in [-0.2, 0) is 5.41 Å². The third-order valence-corrected chi connectivity index (χ3v) is 6.48. The van der Waals surface area contributed by atoms with E-state index in [9.17, 15) is 0 Å². The van der Waals surface area contributed by atoms with Crippen LogP contribution in [0.3, 0.4) is 0 Å². The van der Waals surface area contributed by atoms with E-state index in [2.05, 4.69) is 66.4 Å². The first-order valence-electron chi connectivity index (χ1n) is 10.2. The van der Waals surface area contributed by atoms with E-state index in [-0.39, 0.29) is 5.41 Å². The second kappa shape index (κ2) is 7.26. The molecule has 1 aromatic heterocycles. The standard InChI is InChI=1S/C25H23N3OS/c1-4-25(2,3)24-26-23(30-27-24)17-13-15-18(16-14-17)28-19-9-5-7-11-21(19)29-22-12-8-6-10-20(22)28/h5-16H,4H2,1-3H3. The van der Waals surface area contributed by atoms with Crippen LogP contribution >= 0.6 is 11.5 Å². The summed E-state index contributed by atoms with van der Waals surface area (Å²) in [5.74, 6) is 2.64. The highest BCUT2D eigenvalue weighted by Crippen LogP contribution is 2.50. The van der Waals surface area contributed by atoms with E-state index < -0.39 is 0 Å². The molecule has 4 aromatic rings. The van der Waals surface area contributed by atoms with Gasteiger partial charge in [0.25, 0.3) is 0 Å².